The number of halogens is 1. The molecule has 0 aliphatic heterocycles. The van der Waals surface area contributed by atoms with Gasteiger partial charge in [-0.3, -0.25) is 9.69 Å². The Morgan fingerprint density at radius 2 is 2.24 bits per heavy atom. The van der Waals surface area contributed by atoms with Crippen molar-refractivity contribution < 1.29 is 9.53 Å². The smallest absolute Gasteiger partial charge is 0.306 e. The van der Waals surface area contributed by atoms with E-state index in [2.05, 4.69) is 44.6 Å². The molecule has 0 atom stereocenters. The molecule has 0 bridgehead atoms. The number of hydrogen-bond acceptors (Lipinski definition) is 3. The van der Waals surface area contributed by atoms with E-state index < -0.39 is 0 Å². The van der Waals surface area contributed by atoms with Crippen molar-refractivity contribution in [2.45, 2.75) is 19.9 Å². The first-order valence-corrected chi connectivity index (χ1v) is 6.48. The minimum Gasteiger partial charge on any atom is -0.469 e. The van der Waals surface area contributed by atoms with E-state index in [4.69, 9.17) is 0 Å². The van der Waals surface area contributed by atoms with Crippen molar-refractivity contribution in [1.29, 1.82) is 0 Å². The molecule has 1 rings (SSSR count). The van der Waals surface area contributed by atoms with Crippen molar-refractivity contribution in [2.24, 2.45) is 0 Å². The predicted molar refractivity (Wildman–Crippen MR) is 71.7 cm³/mol. The molecule has 4 heteroatoms. The summed E-state index contributed by atoms with van der Waals surface area (Å²) in [6, 6.07) is 8.22. The summed E-state index contributed by atoms with van der Waals surface area (Å²) in [5.74, 6) is -0.155. The van der Waals surface area contributed by atoms with Crippen LogP contribution in [0.4, 0.5) is 0 Å². The van der Waals surface area contributed by atoms with Crippen LogP contribution in [0.3, 0.4) is 0 Å². The molecule has 3 nitrogen and oxygen atoms in total. The average Bonchev–Trinajstić information content (AvgIpc) is 2.34. The molecule has 0 saturated carbocycles. The summed E-state index contributed by atoms with van der Waals surface area (Å²) >= 11 is 3.45. The Bertz CT molecular complexity index is 368. The molecule has 0 saturated heterocycles. The van der Waals surface area contributed by atoms with Crippen molar-refractivity contribution in [3.05, 3.63) is 34.3 Å². The van der Waals surface area contributed by atoms with Gasteiger partial charge in [0.2, 0.25) is 0 Å². The van der Waals surface area contributed by atoms with E-state index in [9.17, 15) is 4.79 Å². The highest BCUT2D eigenvalue weighted by atomic mass is 79.9. The lowest BCUT2D eigenvalue weighted by atomic mass is 10.2. The molecule has 0 amide bonds. The molecule has 94 valence electrons. The lowest BCUT2D eigenvalue weighted by Crippen LogP contribution is -2.26. The van der Waals surface area contributed by atoms with Gasteiger partial charge in [0.15, 0.2) is 0 Å². The van der Waals surface area contributed by atoms with E-state index in [1.165, 1.54) is 12.7 Å². The van der Waals surface area contributed by atoms with Gasteiger partial charge in [-0.2, -0.15) is 0 Å². The third-order valence-corrected chi connectivity index (χ3v) is 3.10. The maximum Gasteiger partial charge on any atom is 0.306 e. The van der Waals surface area contributed by atoms with Gasteiger partial charge >= 0.3 is 5.97 Å². The van der Waals surface area contributed by atoms with Crippen LogP contribution in [0.1, 0.15) is 18.9 Å². The summed E-state index contributed by atoms with van der Waals surface area (Å²) in [5.41, 5.74) is 1.24. The molecule has 0 heterocycles. The van der Waals surface area contributed by atoms with E-state index >= 15 is 0 Å². The minimum atomic E-state index is -0.155. The van der Waals surface area contributed by atoms with Crippen molar-refractivity contribution in [3.63, 3.8) is 0 Å². The third-order valence-electron chi connectivity index (χ3n) is 2.60. The number of hydrogen-bond donors (Lipinski definition) is 0. The molecule has 0 fully saturated rings. The summed E-state index contributed by atoms with van der Waals surface area (Å²) < 4.78 is 5.72. The third kappa shape index (κ3) is 5.33. The first kappa shape index (κ1) is 14.2. The number of benzene rings is 1. The first-order valence-electron chi connectivity index (χ1n) is 5.69. The summed E-state index contributed by atoms with van der Waals surface area (Å²) in [6.07, 6.45) is 0.443. The minimum absolute atomic E-state index is 0.155. The average molecular weight is 300 g/mol. The van der Waals surface area contributed by atoms with Gasteiger partial charge in [-0.15, -0.1) is 0 Å². The Kier molecular flexibility index (Phi) is 6.22. The summed E-state index contributed by atoms with van der Waals surface area (Å²) in [4.78, 5) is 13.3. The summed E-state index contributed by atoms with van der Waals surface area (Å²) in [6.45, 7) is 4.60. The van der Waals surface area contributed by atoms with Crippen LogP contribution in [0.5, 0.6) is 0 Å². The lowest BCUT2D eigenvalue weighted by molar-refractivity contribution is -0.141. The second kappa shape index (κ2) is 7.45. The quantitative estimate of drug-likeness (QED) is 0.757. The number of carbonyl (C=O) groups is 1. The summed E-state index contributed by atoms with van der Waals surface area (Å²) in [7, 11) is 1.42. The Morgan fingerprint density at radius 1 is 1.47 bits per heavy atom. The zero-order valence-corrected chi connectivity index (χ0v) is 11.9. The van der Waals surface area contributed by atoms with Crippen LogP contribution < -0.4 is 0 Å². The number of carbonyl (C=O) groups excluding carboxylic acids is 1. The van der Waals surface area contributed by atoms with Gasteiger partial charge in [0.1, 0.15) is 0 Å². The van der Waals surface area contributed by atoms with Crippen molar-refractivity contribution >= 4 is 21.9 Å². The molecular formula is C13H18BrNO2. The Hall–Kier alpha value is -0.870. The molecule has 0 N–H and O–H groups in total. The molecule has 0 aromatic heterocycles. The van der Waals surface area contributed by atoms with Gasteiger partial charge in [-0.05, 0) is 24.2 Å². The number of rotatable bonds is 6. The second-order valence-electron chi connectivity index (χ2n) is 3.82. The van der Waals surface area contributed by atoms with Crippen LogP contribution in [0, 0.1) is 0 Å². The number of nitrogens with zero attached hydrogens (tertiary/aromatic N) is 1. The Morgan fingerprint density at radius 3 is 2.82 bits per heavy atom. The SMILES string of the molecule is CCN(CCC(=O)OC)Cc1cccc(Br)c1. The molecule has 0 radical (unpaired) electrons. The monoisotopic (exact) mass is 299 g/mol. The maximum absolute atomic E-state index is 11.1. The molecular weight excluding hydrogens is 282 g/mol. The van der Waals surface area contributed by atoms with E-state index in [0.717, 1.165) is 24.1 Å². The molecule has 1 aromatic carbocycles. The molecule has 0 aliphatic carbocycles. The van der Waals surface area contributed by atoms with Crippen LogP contribution in [-0.4, -0.2) is 31.1 Å². The predicted octanol–water partition coefficient (Wildman–Crippen LogP) is 2.83. The van der Waals surface area contributed by atoms with Gasteiger partial charge in [0.25, 0.3) is 0 Å². The van der Waals surface area contributed by atoms with Gasteiger partial charge in [-0.1, -0.05) is 35.0 Å². The summed E-state index contributed by atoms with van der Waals surface area (Å²) in [5, 5.41) is 0. The molecule has 0 spiro atoms. The highest BCUT2D eigenvalue weighted by Crippen LogP contribution is 2.13. The Balaban J connectivity index is 2.49. The van der Waals surface area contributed by atoms with Gasteiger partial charge in [0.05, 0.1) is 13.5 Å². The lowest BCUT2D eigenvalue weighted by Gasteiger charge is -2.19. The Labute approximate surface area is 111 Å². The second-order valence-corrected chi connectivity index (χ2v) is 4.74. The standard InChI is InChI=1S/C13H18BrNO2/c1-3-15(8-7-13(16)17-2)10-11-5-4-6-12(14)9-11/h4-6,9H,3,7-8,10H2,1-2H3. The van der Waals surface area contributed by atoms with Crippen LogP contribution in [0.25, 0.3) is 0 Å². The van der Waals surface area contributed by atoms with E-state index in [-0.39, 0.29) is 5.97 Å². The number of esters is 1. The number of ether oxygens (including phenoxy) is 1. The number of methoxy groups -OCH3 is 1. The fourth-order valence-electron chi connectivity index (χ4n) is 1.59. The fourth-order valence-corrected chi connectivity index (χ4v) is 2.04. The topological polar surface area (TPSA) is 29.5 Å². The van der Waals surface area contributed by atoms with Gasteiger partial charge in [0, 0.05) is 17.6 Å². The van der Waals surface area contributed by atoms with Crippen molar-refractivity contribution in [1.82, 2.24) is 4.90 Å². The van der Waals surface area contributed by atoms with Crippen LogP contribution in [0.2, 0.25) is 0 Å². The highest BCUT2D eigenvalue weighted by molar-refractivity contribution is 9.10. The maximum atomic E-state index is 11.1. The van der Waals surface area contributed by atoms with Gasteiger partial charge < -0.3 is 4.74 Å². The van der Waals surface area contributed by atoms with E-state index in [1.54, 1.807) is 0 Å². The molecule has 1 aromatic rings. The van der Waals surface area contributed by atoms with Crippen molar-refractivity contribution in [3.8, 4) is 0 Å². The highest BCUT2D eigenvalue weighted by Gasteiger charge is 2.07. The van der Waals surface area contributed by atoms with Crippen LogP contribution in [-0.2, 0) is 16.1 Å². The molecule has 0 aliphatic rings. The zero-order valence-electron chi connectivity index (χ0n) is 10.3. The van der Waals surface area contributed by atoms with E-state index in [1.807, 2.05) is 12.1 Å². The van der Waals surface area contributed by atoms with Gasteiger partial charge in [-0.25, -0.2) is 0 Å². The normalized spacial score (nSPS) is 10.6. The zero-order chi connectivity index (χ0) is 12.7. The van der Waals surface area contributed by atoms with Crippen LogP contribution >= 0.6 is 15.9 Å². The first-order chi connectivity index (χ1) is 8.15. The van der Waals surface area contributed by atoms with E-state index in [0.29, 0.717) is 6.42 Å². The molecule has 0 unspecified atom stereocenters. The van der Waals surface area contributed by atoms with Crippen LogP contribution in [0.15, 0.2) is 28.7 Å². The fraction of sp³-hybridized carbons (Fsp3) is 0.462. The van der Waals surface area contributed by atoms with Crippen molar-refractivity contribution in [2.75, 3.05) is 20.2 Å². The largest absolute Gasteiger partial charge is 0.469 e. The molecule has 17 heavy (non-hydrogen) atoms.